The third-order valence-corrected chi connectivity index (χ3v) is 3.51. The Balaban J connectivity index is 2.17. The Morgan fingerprint density at radius 3 is 2.50 bits per heavy atom. The first-order valence-electron chi connectivity index (χ1n) is 6.61. The third kappa shape index (κ3) is 2.46. The Bertz CT molecular complexity index is 784. The molecule has 0 saturated carbocycles. The van der Waals surface area contributed by atoms with Gasteiger partial charge in [0.25, 0.3) is 5.91 Å². The van der Waals surface area contributed by atoms with Crippen molar-refractivity contribution in [2.45, 2.75) is 6.92 Å². The molecule has 2 aromatic rings. The van der Waals surface area contributed by atoms with Gasteiger partial charge in [-0.2, -0.15) is 5.10 Å². The fraction of sp³-hybridized carbons (Fsp3) is 0.0625. The summed E-state index contributed by atoms with van der Waals surface area (Å²) in [5, 5.41) is 4.63. The van der Waals surface area contributed by atoms with Crippen LogP contribution in [0.15, 0.2) is 53.6 Å². The van der Waals surface area contributed by atoms with E-state index in [2.05, 4.69) is 10.5 Å². The molecule has 0 fully saturated rings. The molecule has 6 heteroatoms. The summed E-state index contributed by atoms with van der Waals surface area (Å²) in [4.78, 5) is 26.1. The SMILES string of the molecule is CC(=O)C1=NNc2ccccc2C(=O)N1c1ccc(Cl)cc1. The summed E-state index contributed by atoms with van der Waals surface area (Å²) in [7, 11) is 0. The number of fused-ring (bicyclic) bond motifs is 1. The van der Waals surface area contributed by atoms with Gasteiger partial charge in [0.15, 0.2) is 5.78 Å². The van der Waals surface area contributed by atoms with E-state index in [4.69, 9.17) is 11.6 Å². The molecule has 3 rings (SSSR count). The number of nitrogens with one attached hydrogen (secondary N) is 1. The van der Waals surface area contributed by atoms with Gasteiger partial charge in [-0.1, -0.05) is 23.7 Å². The molecule has 0 aromatic heterocycles. The highest BCUT2D eigenvalue weighted by atomic mass is 35.5. The summed E-state index contributed by atoms with van der Waals surface area (Å²) in [6, 6.07) is 13.6. The van der Waals surface area contributed by atoms with Gasteiger partial charge in [-0.3, -0.25) is 19.9 Å². The van der Waals surface area contributed by atoms with Crippen LogP contribution in [0.1, 0.15) is 17.3 Å². The Kier molecular flexibility index (Phi) is 3.65. The zero-order valence-electron chi connectivity index (χ0n) is 11.7. The lowest BCUT2D eigenvalue weighted by Gasteiger charge is -2.21. The van der Waals surface area contributed by atoms with Crippen molar-refractivity contribution in [1.82, 2.24) is 0 Å². The molecule has 110 valence electrons. The smallest absolute Gasteiger partial charge is 0.266 e. The lowest BCUT2D eigenvalue weighted by atomic mass is 10.1. The highest BCUT2D eigenvalue weighted by Gasteiger charge is 2.30. The summed E-state index contributed by atoms with van der Waals surface area (Å²) < 4.78 is 0. The Morgan fingerprint density at radius 2 is 1.82 bits per heavy atom. The minimum atomic E-state index is -0.322. The lowest BCUT2D eigenvalue weighted by Crippen LogP contribution is -2.40. The molecule has 0 aliphatic carbocycles. The van der Waals surface area contributed by atoms with Crippen molar-refractivity contribution in [2.24, 2.45) is 5.10 Å². The van der Waals surface area contributed by atoms with E-state index in [1.165, 1.54) is 11.8 Å². The average Bonchev–Trinajstić information content (AvgIpc) is 2.66. The van der Waals surface area contributed by atoms with E-state index in [1.807, 2.05) is 0 Å². The number of anilines is 2. The first kappa shape index (κ1) is 14.3. The lowest BCUT2D eigenvalue weighted by molar-refractivity contribution is -0.111. The van der Waals surface area contributed by atoms with Gasteiger partial charge >= 0.3 is 0 Å². The van der Waals surface area contributed by atoms with Gasteiger partial charge in [0.05, 0.1) is 16.9 Å². The van der Waals surface area contributed by atoms with Gasteiger partial charge in [0.2, 0.25) is 5.84 Å². The van der Waals surface area contributed by atoms with E-state index in [9.17, 15) is 9.59 Å². The van der Waals surface area contributed by atoms with E-state index in [0.717, 1.165) is 0 Å². The Hall–Kier alpha value is -2.66. The van der Waals surface area contributed by atoms with E-state index >= 15 is 0 Å². The maximum Gasteiger partial charge on any atom is 0.266 e. The molecular weight excluding hydrogens is 302 g/mol. The molecule has 1 heterocycles. The van der Waals surface area contributed by atoms with E-state index in [0.29, 0.717) is 22.0 Å². The molecule has 2 aromatic carbocycles. The van der Waals surface area contributed by atoms with Gasteiger partial charge in [-0.15, -0.1) is 0 Å². The number of Topliss-reactive ketones (excluding diaryl/α,β-unsaturated/α-hetero) is 1. The van der Waals surface area contributed by atoms with Crippen LogP contribution in [0.4, 0.5) is 11.4 Å². The maximum atomic E-state index is 12.9. The van der Waals surface area contributed by atoms with Crippen molar-refractivity contribution < 1.29 is 9.59 Å². The van der Waals surface area contributed by atoms with Crippen molar-refractivity contribution in [2.75, 3.05) is 10.3 Å². The molecule has 0 bridgehead atoms. The third-order valence-electron chi connectivity index (χ3n) is 3.25. The first-order valence-corrected chi connectivity index (χ1v) is 6.99. The normalized spacial score (nSPS) is 13.8. The van der Waals surface area contributed by atoms with Crippen LogP contribution in [0.3, 0.4) is 0 Å². The van der Waals surface area contributed by atoms with Crippen molar-refractivity contribution in [3.8, 4) is 0 Å². The second-order valence-electron chi connectivity index (χ2n) is 4.77. The molecule has 22 heavy (non-hydrogen) atoms. The number of amides is 1. The number of carbonyl (C=O) groups excluding carboxylic acids is 2. The van der Waals surface area contributed by atoms with E-state index in [1.54, 1.807) is 48.5 Å². The van der Waals surface area contributed by atoms with Gasteiger partial charge in [0, 0.05) is 11.9 Å². The number of carbonyl (C=O) groups is 2. The quantitative estimate of drug-likeness (QED) is 0.925. The van der Waals surface area contributed by atoms with Gasteiger partial charge in [-0.25, -0.2) is 0 Å². The maximum absolute atomic E-state index is 12.9. The van der Waals surface area contributed by atoms with Gasteiger partial charge in [0.1, 0.15) is 0 Å². The van der Waals surface area contributed by atoms with Crippen LogP contribution >= 0.6 is 11.6 Å². The molecular formula is C16H12ClN3O2. The predicted molar refractivity (Wildman–Crippen MR) is 86.4 cm³/mol. The number of rotatable bonds is 2. The summed E-state index contributed by atoms with van der Waals surface area (Å²) >= 11 is 5.89. The van der Waals surface area contributed by atoms with E-state index < -0.39 is 0 Å². The molecule has 0 radical (unpaired) electrons. The van der Waals surface area contributed by atoms with Crippen molar-refractivity contribution >= 4 is 40.5 Å². The van der Waals surface area contributed by atoms with Crippen molar-refractivity contribution in [1.29, 1.82) is 0 Å². The Morgan fingerprint density at radius 1 is 1.14 bits per heavy atom. The zero-order valence-corrected chi connectivity index (χ0v) is 12.5. The standard InChI is InChI=1S/C16H12ClN3O2/c1-10(21)15-19-18-14-5-3-2-4-13(14)16(22)20(15)12-8-6-11(17)7-9-12/h2-9,18H,1H3. The molecule has 0 spiro atoms. The molecule has 1 aliphatic heterocycles. The second-order valence-corrected chi connectivity index (χ2v) is 5.20. The van der Waals surface area contributed by atoms with Crippen LogP contribution in [0.25, 0.3) is 0 Å². The molecule has 0 unspecified atom stereocenters. The zero-order chi connectivity index (χ0) is 15.7. The number of hydrazone groups is 1. The minimum absolute atomic E-state index is 0.0310. The number of halogens is 1. The monoisotopic (exact) mass is 313 g/mol. The van der Waals surface area contributed by atoms with Gasteiger partial charge in [-0.05, 0) is 36.4 Å². The number of hydrogen-bond acceptors (Lipinski definition) is 4. The van der Waals surface area contributed by atoms with E-state index in [-0.39, 0.29) is 17.5 Å². The van der Waals surface area contributed by atoms with Crippen LogP contribution in [-0.4, -0.2) is 17.5 Å². The van der Waals surface area contributed by atoms with Crippen LogP contribution in [0, 0.1) is 0 Å². The highest BCUT2D eigenvalue weighted by molar-refractivity contribution is 6.49. The highest BCUT2D eigenvalue weighted by Crippen LogP contribution is 2.26. The number of ketones is 1. The summed E-state index contributed by atoms with van der Waals surface area (Å²) in [6.45, 7) is 1.37. The van der Waals surface area contributed by atoms with Crippen LogP contribution in [-0.2, 0) is 4.79 Å². The Labute approximate surface area is 132 Å². The van der Waals surface area contributed by atoms with Crippen molar-refractivity contribution in [3.63, 3.8) is 0 Å². The van der Waals surface area contributed by atoms with Crippen LogP contribution in [0.2, 0.25) is 5.02 Å². The summed E-state index contributed by atoms with van der Waals surface area (Å²) in [5.41, 5.74) is 4.31. The molecule has 0 saturated heterocycles. The average molecular weight is 314 g/mol. The topological polar surface area (TPSA) is 61.8 Å². The van der Waals surface area contributed by atoms with Crippen LogP contribution < -0.4 is 10.3 Å². The molecule has 1 N–H and O–H groups in total. The molecule has 5 nitrogen and oxygen atoms in total. The van der Waals surface area contributed by atoms with Crippen LogP contribution in [0.5, 0.6) is 0 Å². The molecule has 1 aliphatic rings. The first-order chi connectivity index (χ1) is 10.6. The summed E-state index contributed by atoms with van der Waals surface area (Å²) in [6.07, 6.45) is 0. The fourth-order valence-electron chi connectivity index (χ4n) is 2.21. The fourth-order valence-corrected chi connectivity index (χ4v) is 2.34. The minimum Gasteiger partial charge on any atom is -0.291 e. The number of para-hydroxylation sites is 1. The number of nitrogens with zero attached hydrogens (tertiary/aromatic N) is 2. The number of benzene rings is 2. The largest absolute Gasteiger partial charge is 0.291 e. The number of amidine groups is 1. The molecule has 0 atom stereocenters. The predicted octanol–water partition coefficient (Wildman–Crippen LogP) is 3.31. The number of hydrogen-bond donors (Lipinski definition) is 1. The van der Waals surface area contributed by atoms with Gasteiger partial charge < -0.3 is 0 Å². The van der Waals surface area contributed by atoms with Crippen molar-refractivity contribution in [3.05, 3.63) is 59.1 Å². The second kappa shape index (κ2) is 5.61. The summed E-state index contributed by atoms with van der Waals surface area (Å²) in [5.74, 6) is -0.607. The molecule has 1 amide bonds.